The van der Waals surface area contributed by atoms with Gasteiger partial charge in [0.2, 0.25) is 0 Å². The minimum atomic E-state index is 0.0730. The molecule has 0 aliphatic carbocycles. The number of nitrogens with one attached hydrogen (secondary N) is 3. The summed E-state index contributed by atoms with van der Waals surface area (Å²) in [6, 6.07) is 3.72. The number of aliphatic hydroxyl groups is 1. The van der Waals surface area contributed by atoms with Gasteiger partial charge in [0.25, 0.3) is 0 Å². The molecular formula is C11H15N5O. The molecule has 2 aromatic heterocycles. The van der Waals surface area contributed by atoms with E-state index in [0.717, 1.165) is 11.5 Å². The predicted octanol–water partition coefficient (Wildman–Crippen LogP) is 1.26. The van der Waals surface area contributed by atoms with Gasteiger partial charge in [0, 0.05) is 25.0 Å². The average Bonchev–Trinajstić information content (AvgIpc) is 2.78. The summed E-state index contributed by atoms with van der Waals surface area (Å²) in [5.41, 5.74) is 0.941. The SMILES string of the molecule is Cc1nc(NCCO)cc(Nc2cc[nH]c2)n1. The molecule has 0 unspecified atom stereocenters. The zero-order valence-corrected chi connectivity index (χ0v) is 9.57. The lowest BCUT2D eigenvalue weighted by Gasteiger charge is -2.08. The lowest BCUT2D eigenvalue weighted by Crippen LogP contribution is -2.08. The molecule has 0 aliphatic heterocycles. The standard InChI is InChI=1S/C11H15N5O/c1-8-14-10(13-4-5-17)6-11(15-8)16-9-2-3-12-7-9/h2-3,6-7,12,17H,4-5H2,1H3,(H2,13,14,15,16). The number of H-pyrrole nitrogens is 1. The van der Waals surface area contributed by atoms with E-state index in [9.17, 15) is 0 Å². The average molecular weight is 233 g/mol. The monoisotopic (exact) mass is 233 g/mol. The third-order valence-corrected chi connectivity index (χ3v) is 2.13. The molecule has 0 atom stereocenters. The second-order valence-corrected chi connectivity index (χ2v) is 3.56. The molecule has 0 aliphatic rings. The van der Waals surface area contributed by atoms with E-state index in [0.29, 0.717) is 18.2 Å². The summed E-state index contributed by atoms with van der Waals surface area (Å²) in [4.78, 5) is 11.5. The van der Waals surface area contributed by atoms with Crippen molar-refractivity contribution in [2.45, 2.75) is 6.92 Å². The van der Waals surface area contributed by atoms with Crippen LogP contribution in [0.25, 0.3) is 0 Å². The van der Waals surface area contributed by atoms with Crippen LogP contribution in [-0.2, 0) is 0 Å². The van der Waals surface area contributed by atoms with E-state index < -0.39 is 0 Å². The van der Waals surface area contributed by atoms with Gasteiger partial charge >= 0.3 is 0 Å². The van der Waals surface area contributed by atoms with E-state index in [1.807, 2.05) is 25.4 Å². The summed E-state index contributed by atoms with van der Waals surface area (Å²) in [6.07, 6.45) is 3.68. The quantitative estimate of drug-likeness (QED) is 0.624. The summed E-state index contributed by atoms with van der Waals surface area (Å²) in [5, 5.41) is 14.9. The van der Waals surface area contributed by atoms with Gasteiger partial charge in [-0.15, -0.1) is 0 Å². The van der Waals surface area contributed by atoms with Gasteiger partial charge in [-0.2, -0.15) is 0 Å². The summed E-state index contributed by atoms with van der Waals surface area (Å²) in [5.74, 6) is 2.09. The number of nitrogens with zero attached hydrogens (tertiary/aromatic N) is 2. The van der Waals surface area contributed by atoms with E-state index in [4.69, 9.17) is 5.11 Å². The minimum Gasteiger partial charge on any atom is -0.395 e. The van der Waals surface area contributed by atoms with Crippen LogP contribution in [0.1, 0.15) is 5.82 Å². The second-order valence-electron chi connectivity index (χ2n) is 3.56. The Balaban J connectivity index is 2.13. The number of anilines is 3. The van der Waals surface area contributed by atoms with Crippen LogP contribution < -0.4 is 10.6 Å². The maximum atomic E-state index is 8.75. The van der Waals surface area contributed by atoms with Gasteiger partial charge < -0.3 is 20.7 Å². The zero-order valence-electron chi connectivity index (χ0n) is 9.57. The number of hydrogen-bond donors (Lipinski definition) is 4. The smallest absolute Gasteiger partial charge is 0.136 e. The van der Waals surface area contributed by atoms with E-state index in [-0.39, 0.29) is 6.61 Å². The van der Waals surface area contributed by atoms with Crippen molar-refractivity contribution in [3.05, 3.63) is 30.4 Å². The molecule has 0 aromatic carbocycles. The van der Waals surface area contributed by atoms with Gasteiger partial charge in [-0.3, -0.25) is 0 Å². The molecule has 0 bridgehead atoms. The highest BCUT2D eigenvalue weighted by Crippen LogP contribution is 2.16. The van der Waals surface area contributed by atoms with Crippen LogP contribution in [0.5, 0.6) is 0 Å². The van der Waals surface area contributed by atoms with Crippen LogP contribution in [0.3, 0.4) is 0 Å². The van der Waals surface area contributed by atoms with Crippen molar-refractivity contribution < 1.29 is 5.11 Å². The van der Waals surface area contributed by atoms with Gasteiger partial charge in [-0.25, -0.2) is 9.97 Å². The highest BCUT2D eigenvalue weighted by molar-refractivity contribution is 5.58. The first kappa shape index (κ1) is 11.4. The van der Waals surface area contributed by atoms with Gasteiger partial charge in [0.05, 0.1) is 12.3 Å². The summed E-state index contributed by atoms with van der Waals surface area (Å²) in [7, 11) is 0. The Labute approximate surface area is 99.1 Å². The molecular weight excluding hydrogens is 218 g/mol. The molecule has 2 rings (SSSR count). The zero-order chi connectivity index (χ0) is 12.1. The lowest BCUT2D eigenvalue weighted by molar-refractivity contribution is 0.311. The minimum absolute atomic E-state index is 0.0730. The normalized spacial score (nSPS) is 10.2. The second kappa shape index (κ2) is 5.31. The molecule has 6 nitrogen and oxygen atoms in total. The molecule has 4 N–H and O–H groups in total. The lowest BCUT2D eigenvalue weighted by atomic mass is 10.4. The molecule has 0 amide bonds. The first-order chi connectivity index (χ1) is 8.28. The fourth-order valence-corrected chi connectivity index (χ4v) is 1.46. The van der Waals surface area contributed by atoms with Gasteiger partial charge in [0.1, 0.15) is 17.5 Å². The van der Waals surface area contributed by atoms with E-state index in [1.54, 1.807) is 6.07 Å². The third-order valence-electron chi connectivity index (χ3n) is 2.13. The molecule has 0 saturated heterocycles. The molecule has 17 heavy (non-hydrogen) atoms. The summed E-state index contributed by atoms with van der Waals surface area (Å²) < 4.78 is 0. The number of rotatable bonds is 5. The Morgan fingerprint density at radius 2 is 2.18 bits per heavy atom. The summed E-state index contributed by atoms with van der Waals surface area (Å²) >= 11 is 0. The van der Waals surface area contributed by atoms with Crippen LogP contribution in [0.15, 0.2) is 24.5 Å². The van der Waals surface area contributed by atoms with Crippen molar-refractivity contribution in [1.82, 2.24) is 15.0 Å². The van der Waals surface area contributed by atoms with Crippen LogP contribution >= 0.6 is 0 Å². The van der Waals surface area contributed by atoms with Crippen LogP contribution in [0.2, 0.25) is 0 Å². The fraction of sp³-hybridized carbons (Fsp3) is 0.273. The van der Waals surface area contributed by atoms with E-state index >= 15 is 0 Å². The van der Waals surface area contributed by atoms with Crippen LogP contribution in [0, 0.1) is 6.92 Å². The Morgan fingerprint density at radius 1 is 1.35 bits per heavy atom. The van der Waals surface area contributed by atoms with Crippen LogP contribution in [0.4, 0.5) is 17.3 Å². The van der Waals surface area contributed by atoms with Gasteiger partial charge in [-0.1, -0.05) is 0 Å². The topological polar surface area (TPSA) is 85.9 Å². The highest BCUT2D eigenvalue weighted by Gasteiger charge is 2.02. The third kappa shape index (κ3) is 3.18. The molecule has 0 fully saturated rings. The molecule has 0 saturated carbocycles. The van der Waals surface area contributed by atoms with Crippen molar-refractivity contribution in [1.29, 1.82) is 0 Å². The van der Waals surface area contributed by atoms with Gasteiger partial charge in [-0.05, 0) is 13.0 Å². The molecule has 0 radical (unpaired) electrons. The number of aromatic amines is 1. The van der Waals surface area contributed by atoms with Crippen molar-refractivity contribution >= 4 is 17.3 Å². The molecule has 90 valence electrons. The van der Waals surface area contributed by atoms with Crippen molar-refractivity contribution in [3.63, 3.8) is 0 Å². The first-order valence-electron chi connectivity index (χ1n) is 5.38. The Bertz CT molecular complexity index is 469. The molecule has 2 aromatic rings. The largest absolute Gasteiger partial charge is 0.395 e. The Kier molecular flexibility index (Phi) is 3.56. The number of hydrogen-bond acceptors (Lipinski definition) is 5. The maximum Gasteiger partial charge on any atom is 0.136 e. The number of aryl methyl sites for hydroxylation is 1. The van der Waals surface area contributed by atoms with E-state index in [2.05, 4.69) is 25.6 Å². The number of aromatic nitrogens is 3. The van der Waals surface area contributed by atoms with Crippen molar-refractivity contribution in [2.24, 2.45) is 0 Å². The first-order valence-corrected chi connectivity index (χ1v) is 5.38. The van der Waals surface area contributed by atoms with E-state index in [1.165, 1.54) is 0 Å². The Hall–Kier alpha value is -2.08. The predicted molar refractivity (Wildman–Crippen MR) is 66.4 cm³/mol. The van der Waals surface area contributed by atoms with Crippen molar-refractivity contribution in [3.8, 4) is 0 Å². The van der Waals surface area contributed by atoms with Crippen molar-refractivity contribution in [2.75, 3.05) is 23.8 Å². The highest BCUT2D eigenvalue weighted by atomic mass is 16.3. The van der Waals surface area contributed by atoms with Crippen LogP contribution in [-0.4, -0.2) is 33.2 Å². The fourth-order valence-electron chi connectivity index (χ4n) is 1.46. The molecule has 6 heteroatoms. The number of aliphatic hydroxyl groups excluding tert-OH is 1. The Morgan fingerprint density at radius 3 is 2.88 bits per heavy atom. The van der Waals surface area contributed by atoms with Gasteiger partial charge in [0.15, 0.2) is 0 Å². The summed E-state index contributed by atoms with van der Waals surface area (Å²) in [6.45, 7) is 2.37. The molecule has 0 spiro atoms. The maximum absolute atomic E-state index is 8.75. The molecule has 2 heterocycles.